The first-order valence-electron chi connectivity index (χ1n) is 7.08. The number of allylic oxidation sites excluding steroid dienone is 1. The van der Waals surface area contributed by atoms with E-state index in [2.05, 4.69) is 11.7 Å². The average molecular weight is 284 g/mol. The van der Waals surface area contributed by atoms with Crippen molar-refractivity contribution in [1.82, 2.24) is 9.78 Å². The van der Waals surface area contributed by atoms with Gasteiger partial charge >= 0.3 is 0 Å². The van der Waals surface area contributed by atoms with E-state index in [4.69, 9.17) is 4.74 Å². The first-order valence-corrected chi connectivity index (χ1v) is 7.08. The van der Waals surface area contributed by atoms with E-state index in [9.17, 15) is 4.79 Å². The van der Waals surface area contributed by atoms with Crippen LogP contribution in [0.15, 0.2) is 43.1 Å². The van der Waals surface area contributed by atoms with E-state index < -0.39 is 0 Å². The second-order valence-electron chi connectivity index (χ2n) is 4.88. The summed E-state index contributed by atoms with van der Waals surface area (Å²) < 4.78 is 7.15. The topological polar surface area (TPSA) is 44.1 Å². The Morgan fingerprint density at radius 3 is 2.67 bits per heavy atom. The van der Waals surface area contributed by atoms with Crippen molar-refractivity contribution in [1.29, 1.82) is 0 Å². The molecule has 2 rings (SSSR count). The maximum Gasteiger partial charge on any atom is 0.153 e. The molecule has 0 spiro atoms. The van der Waals surface area contributed by atoms with Crippen LogP contribution in [0.25, 0.3) is 5.69 Å². The summed E-state index contributed by atoms with van der Waals surface area (Å²) in [7, 11) is 0. The minimum Gasteiger partial charge on any atom is -0.494 e. The van der Waals surface area contributed by atoms with Crippen molar-refractivity contribution in [3.8, 4) is 11.4 Å². The van der Waals surface area contributed by atoms with Gasteiger partial charge in [0.15, 0.2) is 6.29 Å². The summed E-state index contributed by atoms with van der Waals surface area (Å²) >= 11 is 0. The second kappa shape index (κ2) is 6.88. The summed E-state index contributed by atoms with van der Waals surface area (Å²) in [6, 6.07) is 7.64. The molecule has 1 aromatic carbocycles. The summed E-state index contributed by atoms with van der Waals surface area (Å²) in [6.07, 6.45) is 5.25. The van der Waals surface area contributed by atoms with Crippen LogP contribution in [-0.2, 0) is 0 Å². The van der Waals surface area contributed by atoms with Gasteiger partial charge in [-0.2, -0.15) is 5.10 Å². The van der Waals surface area contributed by atoms with E-state index in [1.165, 1.54) is 0 Å². The van der Waals surface area contributed by atoms with Crippen molar-refractivity contribution >= 4 is 6.29 Å². The van der Waals surface area contributed by atoms with Gasteiger partial charge in [0, 0.05) is 12.1 Å². The fourth-order valence-corrected chi connectivity index (χ4v) is 2.23. The lowest BCUT2D eigenvalue weighted by molar-refractivity contribution is 0.112. The third-order valence-electron chi connectivity index (χ3n) is 3.30. The molecule has 0 amide bonds. The minimum absolute atomic E-state index is 0.173. The smallest absolute Gasteiger partial charge is 0.153 e. The van der Waals surface area contributed by atoms with Gasteiger partial charge in [-0.05, 0) is 37.6 Å². The molecule has 1 heterocycles. The van der Waals surface area contributed by atoms with Gasteiger partial charge in [-0.3, -0.25) is 4.79 Å². The zero-order chi connectivity index (χ0) is 15.2. The van der Waals surface area contributed by atoms with Gasteiger partial charge in [0.2, 0.25) is 0 Å². The van der Waals surface area contributed by atoms with Crippen molar-refractivity contribution in [3.05, 3.63) is 54.4 Å². The van der Waals surface area contributed by atoms with E-state index in [0.717, 1.165) is 29.8 Å². The number of aldehydes is 1. The molecule has 0 fully saturated rings. The minimum atomic E-state index is 0.173. The Hall–Kier alpha value is -2.36. The molecule has 4 heteroatoms. The SMILES string of the molecule is C=CCC(C)c1nn(-c2ccc(OCC)cc2)cc1C=O. The Kier molecular flexibility index (Phi) is 4.93. The number of ether oxygens (including phenoxy) is 1. The molecule has 0 radical (unpaired) electrons. The van der Waals surface area contributed by atoms with Crippen molar-refractivity contribution in [2.75, 3.05) is 6.61 Å². The van der Waals surface area contributed by atoms with Gasteiger partial charge in [-0.25, -0.2) is 4.68 Å². The predicted molar refractivity (Wildman–Crippen MR) is 83.3 cm³/mol. The average Bonchev–Trinajstić information content (AvgIpc) is 2.93. The van der Waals surface area contributed by atoms with Gasteiger partial charge in [0.25, 0.3) is 0 Å². The van der Waals surface area contributed by atoms with Crippen LogP contribution in [0.4, 0.5) is 0 Å². The van der Waals surface area contributed by atoms with Crippen molar-refractivity contribution in [2.45, 2.75) is 26.2 Å². The first-order chi connectivity index (χ1) is 10.2. The van der Waals surface area contributed by atoms with Crippen molar-refractivity contribution in [2.24, 2.45) is 0 Å². The second-order valence-corrected chi connectivity index (χ2v) is 4.88. The highest BCUT2D eigenvalue weighted by molar-refractivity contribution is 5.76. The predicted octanol–water partition coefficient (Wildman–Crippen LogP) is 3.76. The van der Waals surface area contributed by atoms with Gasteiger partial charge in [-0.15, -0.1) is 6.58 Å². The van der Waals surface area contributed by atoms with E-state index in [-0.39, 0.29) is 5.92 Å². The molecule has 110 valence electrons. The Morgan fingerprint density at radius 1 is 1.38 bits per heavy atom. The molecule has 0 saturated heterocycles. The number of carbonyl (C=O) groups is 1. The van der Waals surface area contributed by atoms with Crippen LogP contribution in [0.1, 0.15) is 42.2 Å². The van der Waals surface area contributed by atoms with Gasteiger partial charge in [-0.1, -0.05) is 13.0 Å². The third-order valence-corrected chi connectivity index (χ3v) is 3.30. The van der Waals surface area contributed by atoms with Crippen LogP contribution in [0.5, 0.6) is 5.75 Å². The van der Waals surface area contributed by atoms with Crippen LogP contribution in [-0.4, -0.2) is 22.7 Å². The third kappa shape index (κ3) is 3.40. The highest BCUT2D eigenvalue weighted by atomic mass is 16.5. The zero-order valence-electron chi connectivity index (χ0n) is 12.5. The quantitative estimate of drug-likeness (QED) is 0.574. The zero-order valence-corrected chi connectivity index (χ0v) is 12.5. The Bertz CT molecular complexity index is 614. The maximum atomic E-state index is 11.2. The van der Waals surface area contributed by atoms with E-state index in [0.29, 0.717) is 12.2 Å². The molecule has 0 aliphatic carbocycles. The van der Waals surface area contributed by atoms with E-state index >= 15 is 0 Å². The fraction of sp³-hybridized carbons (Fsp3) is 0.294. The maximum absolute atomic E-state index is 11.2. The molecular weight excluding hydrogens is 264 g/mol. The first kappa shape index (κ1) is 15.0. The number of hydrogen-bond donors (Lipinski definition) is 0. The summed E-state index contributed by atoms with van der Waals surface area (Å²) in [4.78, 5) is 11.2. The van der Waals surface area contributed by atoms with Crippen LogP contribution < -0.4 is 4.74 Å². The van der Waals surface area contributed by atoms with Gasteiger partial charge in [0.05, 0.1) is 23.6 Å². The number of hydrogen-bond acceptors (Lipinski definition) is 3. The molecule has 0 N–H and O–H groups in total. The Balaban J connectivity index is 2.31. The van der Waals surface area contributed by atoms with Gasteiger partial charge in [0.1, 0.15) is 5.75 Å². The molecule has 2 aromatic rings. The molecule has 1 atom stereocenters. The lowest BCUT2D eigenvalue weighted by Gasteiger charge is -2.06. The standard InChI is InChI=1S/C17H20N2O2/c1-4-6-13(3)17-14(12-20)11-19(18-17)15-7-9-16(10-8-15)21-5-2/h4,7-13H,1,5-6H2,2-3H3. The normalized spacial score (nSPS) is 11.9. The van der Waals surface area contributed by atoms with Crippen LogP contribution in [0.3, 0.4) is 0 Å². The fourth-order valence-electron chi connectivity index (χ4n) is 2.23. The molecule has 4 nitrogen and oxygen atoms in total. The Labute approximate surface area is 125 Å². The highest BCUT2D eigenvalue weighted by Gasteiger charge is 2.15. The number of carbonyl (C=O) groups excluding carboxylic acids is 1. The van der Waals surface area contributed by atoms with E-state index in [1.807, 2.05) is 44.2 Å². The highest BCUT2D eigenvalue weighted by Crippen LogP contribution is 2.23. The van der Waals surface area contributed by atoms with Gasteiger partial charge < -0.3 is 4.74 Å². The molecule has 1 unspecified atom stereocenters. The molecule has 0 aliphatic rings. The molecule has 21 heavy (non-hydrogen) atoms. The molecule has 0 bridgehead atoms. The number of nitrogens with zero attached hydrogens (tertiary/aromatic N) is 2. The largest absolute Gasteiger partial charge is 0.494 e. The summed E-state index contributed by atoms with van der Waals surface area (Å²) in [5, 5.41) is 4.54. The summed E-state index contributed by atoms with van der Waals surface area (Å²) in [5.41, 5.74) is 2.33. The van der Waals surface area contributed by atoms with Crippen LogP contribution in [0, 0.1) is 0 Å². The molecule has 0 aliphatic heterocycles. The van der Waals surface area contributed by atoms with Crippen molar-refractivity contribution < 1.29 is 9.53 Å². The number of rotatable bonds is 7. The van der Waals surface area contributed by atoms with Crippen LogP contribution in [0.2, 0.25) is 0 Å². The van der Waals surface area contributed by atoms with E-state index in [1.54, 1.807) is 10.9 Å². The molecule has 0 saturated carbocycles. The lowest BCUT2D eigenvalue weighted by Crippen LogP contribution is -1.99. The number of benzene rings is 1. The monoisotopic (exact) mass is 284 g/mol. The summed E-state index contributed by atoms with van der Waals surface area (Å²) in [5.74, 6) is 0.996. The van der Waals surface area contributed by atoms with Crippen LogP contribution >= 0.6 is 0 Å². The molecular formula is C17H20N2O2. The summed E-state index contributed by atoms with van der Waals surface area (Å²) in [6.45, 7) is 8.37. The molecule has 1 aromatic heterocycles. The van der Waals surface area contributed by atoms with Crippen molar-refractivity contribution in [3.63, 3.8) is 0 Å². The Morgan fingerprint density at radius 2 is 2.10 bits per heavy atom. The number of aromatic nitrogens is 2. The lowest BCUT2D eigenvalue weighted by atomic mass is 10.0.